The second-order valence-electron chi connectivity index (χ2n) is 11.0. The van der Waals surface area contributed by atoms with E-state index in [4.69, 9.17) is 0 Å². The van der Waals surface area contributed by atoms with E-state index in [0.29, 0.717) is 0 Å². The van der Waals surface area contributed by atoms with E-state index in [-0.39, 0.29) is 11.0 Å². The predicted octanol–water partition coefficient (Wildman–Crippen LogP) is 9.21. The van der Waals surface area contributed by atoms with Crippen LogP contribution in [-0.4, -0.2) is 5.54 Å². The van der Waals surface area contributed by atoms with E-state index < -0.39 is 0 Å². The number of anilines is 2. The number of hydrogen-bond acceptors (Lipinski definition) is 1. The molecule has 6 aromatic carbocycles. The molecule has 35 heavy (non-hydrogen) atoms. The Kier molecular flexibility index (Phi) is 3.58. The van der Waals surface area contributed by atoms with Gasteiger partial charge in [0.05, 0.1) is 5.54 Å². The van der Waals surface area contributed by atoms with Crippen LogP contribution in [0.25, 0.3) is 43.4 Å². The Morgan fingerprint density at radius 1 is 0.629 bits per heavy atom. The summed E-state index contributed by atoms with van der Waals surface area (Å²) in [6.07, 6.45) is 2.46. The maximum Gasteiger partial charge on any atom is 0.0518 e. The number of fused-ring (bicyclic) bond motifs is 3. The Morgan fingerprint density at radius 3 is 2.09 bits per heavy atom. The third kappa shape index (κ3) is 2.29. The average Bonchev–Trinajstić information content (AvgIpc) is 3.03. The first-order chi connectivity index (χ1) is 17.1. The van der Waals surface area contributed by atoms with Crippen molar-refractivity contribution >= 4 is 43.7 Å². The maximum absolute atomic E-state index is 2.61. The minimum atomic E-state index is 0.123. The van der Waals surface area contributed by atoms with Crippen LogP contribution in [0.3, 0.4) is 0 Å². The van der Waals surface area contributed by atoms with Gasteiger partial charge >= 0.3 is 0 Å². The Balaban J connectivity index is 1.37. The second kappa shape index (κ2) is 6.43. The largest absolute Gasteiger partial charge is 0.334 e. The van der Waals surface area contributed by atoms with E-state index in [2.05, 4.69) is 122 Å². The second-order valence-corrected chi connectivity index (χ2v) is 11.0. The molecule has 8 rings (SSSR count). The average molecular weight is 450 g/mol. The zero-order valence-corrected chi connectivity index (χ0v) is 20.2. The lowest BCUT2D eigenvalue weighted by molar-refractivity contribution is 0.133. The molecule has 0 amide bonds. The molecule has 2 atom stereocenters. The molecule has 0 N–H and O–H groups in total. The van der Waals surface area contributed by atoms with Gasteiger partial charge in [-0.15, -0.1) is 0 Å². The fourth-order valence-corrected chi connectivity index (χ4v) is 7.24. The van der Waals surface area contributed by atoms with E-state index in [0.717, 1.165) is 0 Å². The molecule has 1 aliphatic carbocycles. The summed E-state index contributed by atoms with van der Waals surface area (Å²) in [4.78, 5) is 2.61. The van der Waals surface area contributed by atoms with Crippen molar-refractivity contribution in [3.05, 3.63) is 109 Å². The highest BCUT2D eigenvalue weighted by Gasteiger charge is 2.63. The van der Waals surface area contributed by atoms with Gasteiger partial charge in [0.1, 0.15) is 0 Å². The summed E-state index contributed by atoms with van der Waals surface area (Å²) >= 11 is 0. The van der Waals surface area contributed by atoms with Crippen LogP contribution in [-0.2, 0) is 5.41 Å². The van der Waals surface area contributed by atoms with Gasteiger partial charge in [0.15, 0.2) is 0 Å². The predicted molar refractivity (Wildman–Crippen MR) is 149 cm³/mol. The zero-order valence-electron chi connectivity index (χ0n) is 20.2. The summed E-state index contributed by atoms with van der Waals surface area (Å²) in [5.74, 6) is 0. The number of benzene rings is 6. The zero-order chi connectivity index (χ0) is 23.4. The molecular formula is C34H27N. The van der Waals surface area contributed by atoms with Crippen molar-refractivity contribution in [3.8, 4) is 11.1 Å². The van der Waals surface area contributed by atoms with Crippen LogP contribution in [0, 0.1) is 0 Å². The molecule has 1 heteroatoms. The molecule has 0 aromatic heterocycles. The summed E-state index contributed by atoms with van der Waals surface area (Å²) in [5.41, 5.74) is 7.12. The number of rotatable bonds is 2. The van der Waals surface area contributed by atoms with Gasteiger partial charge in [0, 0.05) is 16.8 Å². The van der Waals surface area contributed by atoms with Crippen LogP contribution in [0.2, 0.25) is 0 Å². The lowest BCUT2D eigenvalue weighted by atomic mass is 9.55. The summed E-state index contributed by atoms with van der Waals surface area (Å²) < 4.78 is 0. The molecule has 6 aromatic rings. The van der Waals surface area contributed by atoms with Crippen LogP contribution in [0.1, 0.15) is 32.3 Å². The Hall–Kier alpha value is -3.84. The van der Waals surface area contributed by atoms with Gasteiger partial charge < -0.3 is 4.90 Å². The molecule has 2 aliphatic rings. The molecular weight excluding hydrogens is 422 g/mol. The molecule has 1 saturated carbocycles. The Labute approximate surface area is 206 Å². The van der Waals surface area contributed by atoms with Crippen LogP contribution >= 0.6 is 0 Å². The molecule has 0 spiro atoms. The van der Waals surface area contributed by atoms with Gasteiger partial charge in [0.25, 0.3) is 0 Å². The van der Waals surface area contributed by atoms with Crippen molar-refractivity contribution in [2.45, 2.75) is 37.6 Å². The van der Waals surface area contributed by atoms with Crippen LogP contribution in [0.4, 0.5) is 11.4 Å². The van der Waals surface area contributed by atoms with Crippen molar-refractivity contribution in [1.82, 2.24) is 0 Å². The van der Waals surface area contributed by atoms with Gasteiger partial charge in [-0.25, -0.2) is 0 Å². The van der Waals surface area contributed by atoms with Crippen molar-refractivity contribution < 1.29 is 0 Å². The van der Waals surface area contributed by atoms with Gasteiger partial charge in [-0.05, 0) is 93.0 Å². The quantitative estimate of drug-likeness (QED) is 0.238. The number of hydrogen-bond donors (Lipinski definition) is 0. The lowest BCUT2D eigenvalue weighted by Gasteiger charge is -2.56. The fourth-order valence-electron chi connectivity index (χ4n) is 7.24. The smallest absolute Gasteiger partial charge is 0.0518 e. The highest BCUT2D eigenvalue weighted by atomic mass is 15.3. The molecule has 0 bridgehead atoms. The third-order valence-corrected chi connectivity index (χ3v) is 9.48. The summed E-state index contributed by atoms with van der Waals surface area (Å²) in [7, 11) is 0. The van der Waals surface area contributed by atoms with E-state index in [1.54, 1.807) is 0 Å². The first-order valence-electron chi connectivity index (χ1n) is 12.8. The van der Waals surface area contributed by atoms with Crippen molar-refractivity contribution in [2.24, 2.45) is 0 Å². The molecule has 0 saturated heterocycles. The van der Waals surface area contributed by atoms with E-state index in [1.165, 1.54) is 73.2 Å². The SMILES string of the molecule is CC12CCC1(C)N(c1ccccc1)c1ccc(-c3ccc4ccc5cccc6ccc3c4c56)cc12. The van der Waals surface area contributed by atoms with Crippen molar-refractivity contribution in [1.29, 1.82) is 0 Å². The fraction of sp³-hybridized carbons (Fsp3) is 0.176. The third-order valence-electron chi connectivity index (χ3n) is 9.48. The van der Waals surface area contributed by atoms with Crippen LogP contribution < -0.4 is 4.90 Å². The molecule has 168 valence electrons. The maximum atomic E-state index is 2.61. The summed E-state index contributed by atoms with van der Waals surface area (Å²) in [6.45, 7) is 4.94. The number of nitrogens with zero attached hydrogens (tertiary/aromatic N) is 1. The lowest BCUT2D eigenvalue weighted by Crippen LogP contribution is -2.60. The standard InChI is InChI=1S/C34H27N/c1-33-19-20-34(33,2)35(26-9-4-3-5-10-26)30-18-15-25(21-29(30)33)27-16-13-24-12-11-22-7-6-8-23-14-17-28(27)32(24)31(22)23/h3-18,21H,19-20H2,1-2H3. The molecule has 1 nitrogen and oxygen atoms in total. The van der Waals surface area contributed by atoms with Crippen LogP contribution in [0.15, 0.2) is 103 Å². The van der Waals surface area contributed by atoms with E-state index in [1.807, 2.05) is 0 Å². The van der Waals surface area contributed by atoms with Gasteiger partial charge in [0.2, 0.25) is 0 Å². The molecule has 2 unspecified atom stereocenters. The first-order valence-corrected chi connectivity index (χ1v) is 12.8. The van der Waals surface area contributed by atoms with Crippen molar-refractivity contribution in [3.63, 3.8) is 0 Å². The van der Waals surface area contributed by atoms with E-state index >= 15 is 0 Å². The molecule has 1 aliphatic heterocycles. The monoisotopic (exact) mass is 449 g/mol. The number of para-hydroxylation sites is 1. The van der Waals surface area contributed by atoms with Crippen molar-refractivity contribution in [2.75, 3.05) is 4.90 Å². The Bertz CT molecular complexity index is 1770. The van der Waals surface area contributed by atoms with E-state index in [9.17, 15) is 0 Å². The molecule has 1 fully saturated rings. The van der Waals surface area contributed by atoms with Gasteiger partial charge in [-0.3, -0.25) is 0 Å². The Morgan fingerprint density at radius 2 is 1.34 bits per heavy atom. The molecule has 0 radical (unpaired) electrons. The minimum absolute atomic E-state index is 0.123. The minimum Gasteiger partial charge on any atom is -0.334 e. The summed E-state index contributed by atoms with van der Waals surface area (Å²) in [6, 6.07) is 38.6. The summed E-state index contributed by atoms with van der Waals surface area (Å²) in [5, 5.41) is 8.10. The van der Waals surface area contributed by atoms with Gasteiger partial charge in [-0.2, -0.15) is 0 Å². The highest BCUT2D eigenvalue weighted by molar-refractivity contribution is 6.25. The first kappa shape index (κ1) is 19.5. The topological polar surface area (TPSA) is 3.24 Å². The highest BCUT2D eigenvalue weighted by Crippen LogP contribution is 2.65. The van der Waals surface area contributed by atoms with Crippen LogP contribution in [0.5, 0.6) is 0 Å². The normalized spacial score (nSPS) is 23.1. The van der Waals surface area contributed by atoms with Gasteiger partial charge in [-0.1, -0.05) is 85.8 Å². The molecule has 1 heterocycles.